The summed E-state index contributed by atoms with van der Waals surface area (Å²) >= 11 is 0. The van der Waals surface area contributed by atoms with E-state index in [2.05, 4.69) is 21.8 Å². The van der Waals surface area contributed by atoms with Crippen LogP contribution in [0.2, 0.25) is 0 Å². The van der Waals surface area contributed by atoms with Crippen LogP contribution in [0.3, 0.4) is 0 Å². The monoisotopic (exact) mass is 222 g/mol. The van der Waals surface area contributed by atoms with Crippen LogP contribution < -0.4 is 4.57 Å². The van der Waals surface area contributed by atoms with E-state index in [9.17, 15) is 0 Å². The number of methoxy groups -OCH3 is 1. The molecule has 0 fully saturated rings. The first-order chi connectivity index (χ1) is 7.88. The molecule has 0 saturated carbocycles. The van der Waals surface area contributed by atoms with Gasteiger partial charge in [0.05, 0.1) is 19.0 Å². The third-order valence-corrected chi connectivity index (χ3v) is 2.55. The predicted molar refractivity (Wildman–Crippen MR) is 60.6 cm³/mol. The zero-order valence-electron chi connectivity index (χ0n) is 9.91. The zero-order chi connectivity index (χ0) is 11.6. The summed E-state index contributed by atoms with van der Waals surface area (Å²) in [5.74, 6) is 1.24. The van der Waals surface area contributed by atoms with Gasteiger partial charge >= 0.3 is 0 Å². The molecule has 1 rings (SSSR count). The van der Waals surface area contributed by atoms with Gasteiger partial charge in [0.1, 0.15) is 12.4 Å². The summed E-state index contributed by atoms with van der Waals surface area (Å²) in [5.41, 5.74) is 0. The number of nitriles is 1. The number of nitrogens with zero attached hydrogens (tertiary/aromatic N) is 2. The van der Waals surface area contributed by atoms with Crippen LogP contribution in [0.1, 0.15) is 31.5 Å². The number of nitrogens with one attached hydrogen (secondary N) is 1. The molecule has 0 amide bonds. The molecule has 16 heavy (non-hydrogen) atoms. The van der Waals surface area contributed by atoms with Gasteiger partial charge in [-0.2, -0.15) is 5.26 Å². The van der Waals surface area contributed by atoms with Gasteiger partial charge in [-0.3, -0.25) is 0 Å². The van der Waals surface area contributed by atoms with Crippen LogP contribution in [-0.2, 0) is 17.7 Å². The Labute approximate surface area is 96.9 Å². The molecule has 1 aromatic heterocycles. The molecule has 4 nitrogen and oxygen atoms in total. The Kier molecular flexibility index (Phi) is 6.28. The lowest BCUT2D eigenvalue weighted by Crippen LogP contribution is -2.36. The minimum atomic E-state index is 0.657. The quantitative estimate of drug-likeness (QED) is 0.536. The topological polar surface area (TPSA) is 52.7 Å². The van der Waals surface area contributed by atoms with E-state index in [4.69, 9.17) is 10.00 Å². The highest BCUT2D eigenvalue weighted by atomic mass is 16.5. The number of aromatic nitrogens is 2. The number of ether oxygens (including phenoxy) is 1. The highest BCUT2D eigenvalue weighted by Gasteiger charge is 2.09. The maximum atomic E-state index is 8.44. The molecule has 0 atom stereocenters. The Hall–Kier alpha value is -1.34. The maximum Gasteiger partial charge on any atom is 0.254 e. The van der Waals surface area contributed by atoms with E-state index in [1.807, 2.05) is 6.20 Å². The first-order valence-corrected chi connectivity index (χ1v) is 5.80. The van der Waals surface area contributed by atoms with Gasteiger partial charge in [-0.1, -0.05) is 0 Å². The lowest BCUT2D eigenvalue weighted by Gasteiger charge is -2.00. The van der Waals surface area contributed by atoms with Gasteiger partial charge in [-0.05, 0) is 19.3 Å². The summed E-state index contributed by atoms with van der Waals surface area (Å²) in [5, 5.41) is 8.44. The van der Waals surface area contributed by atoms with E-state index in [1.165, 1.54) is 5.82 Å². The van der Waals surface area contributed by atoms with E-state index in [0.717, 1.165) is 38.8 Å². The molecule has 1 aromatic rings. The molecule has 1 heterocycles. The van der Waals surface area contributed by atoms with Crippen LogP contribution in [0.4, 0.5) is 0 Å². The minimum absolute atomic E-state index is 0.657. The number of aryl methyl sites for hydroxylation is 2. The molecular weight excluding hydrogens is 202 g/mol. The normalized spacial score (nSPS) is 10.2. The molecule has 0 unspecified atom stereocenters. The molecule has 4 heteroatoms. The first-order valence-electron chi connectivity index (χ1n) is 5.80. The second-order valence-electron chi connectivity index (χ2n) is 3.81. The van der Waals surface area contributed by atoms with Gasteiger partial charge in [0, 0.05) is 20.1 Å². The average Bonchev–Trinajstić information content (AvgIpc) is 2.73. The number of imidazole rings is 1. The third-order valence-electron chi connectivity index (χ3n) is 2.55. The Morgan fingerprint density at radius 1 is 1.44 bits per heavy atom. The van der Waals surface area contributed by atoms with E-state index in [0.29, 0.717) is 6.42 Å². The fourth-order valence-corrected chi connectivity index (χ4v) is 1.69. The van der Waals surface area contributed by atoms with Gasteiger partial charge < -0.3 is 4.74 Å². The lowest BCUT2D eigenvalue weighted by atomic mass is 10.2. The van der Waals surface area contributed by atoms with Gasteiger partial charge in [-0.25, -0.2) is 9.55 Å². The van der Waals surface area contributed by atoms with Crippen molar-refractivity contribution in [3.8, 4) is 6.07 Å². The standard InChI is InChI=1S/C12H19N3O/c1-16-11-5-6-12-14-8-10-15(12)9-4-2-3-7-13/h8,10H,2-6,9,11H2,1H3/p+1. The van der Waals surface area contributed by atoms with E-state index < -0.39 is 0 Å². The van der Waals surface area contributed by atoms with Crippen LogP contribution >= 0.6 is 0 Å². The summed E-state index contributed by atoms with van der Waals surface area (Å²) < 4.78 is 7.26. The van der Waals surface area contributed by atoms with E-state index in [1.54, 1.807) is 7.11 Å². The molecule has 0 spiro atoms. The van der Waals surface area contributed by atoms with Gasteiger partial charge in [0.2, 0.25) is 0 Å². The first kappa shape index (κ1) is 12.7. The van der Waals surface area contributed by atoms with Crippen molar-refractivity contribution in [1.29, 1.82) is 5.26 Å². The van der Waals surface area contributed by atoms with Crippen molar-refractivity contribution < 1.29 is 9.30 Å². The van der Waals surface area contributed by atoms with Crippen molar-refractivity contribution >= 4 is 0 Å². The largest absolute Gasteiger partial charge is 0.385 e. The summed E-state index contributed by atoms with van der Waals surface area (Å²) in [4.78, 5) is 3.25. The average molecular weight is 222 g/mol. The van der Waals surface area contributed by atoms with Crippen LogP contribution in [0.15, 0.2) is 12.4 Å². The highest BCUT2D eigenvalue weighted by Crippen LogP contribution is 1.97. The number of hydrogen-bond donors (Lipinski definition) is 1. The minimum Gasteiger partial charge on any atom is -0.385 e. The maximum absolute atomic E-state index is 8.44. The molecule has 88 valence electrons. The Morgan fingerprint density at radius 3 is 3.06 bits per heavy atom. The van der Waals surface area contributed by atoms with Crippen molar-refractivity contribution in [1.82, 2.24) is 4.98 Å². The molecular formula is C12H20N3O+. The number of H-pyrrole nitrogens is 1. The van der Waals surface area contributed by atoms with Gasteiger partial charge in [-0.15, -0.1) is 0 Å². The lowest BCUT2D eigenvalue weighted by molar-refractivity contribution is -0.703. The second kappa shape index (κ2) is 7.89. The van der Waals surface area contributed by atoms with Crippen LogP contribution in [0.5, 0.6) is 0 Å². The van der Waals surface area contributed by atoms with E-state index in [-0.39, 0.29) is 0 Å². The van der Waals surface area contributed by atoms with Crippen molar-refractivity contribution in [3.05, 3.63) is 18.2 Å². The predicted octanol–water partition coefficient (Wildman–Crippen LogP) is 1.58. The van der Waals surface area contributed by atoms with Crippen LogP contribution in [-0.4, -0.2) is 18.7 Å². The molecule has 0 radical (unpaired) electrons. The summed E-state index contributed by atoms with van der Waals surface area (Å²) in [6.07, 6.45) is 8.78. The molecule has 0 aliphatic rings. The third kappa shape index (κ3) is 4.45. The molecule has 0 aromatic carbocycles. The SMILES string of the molecule is COCCCc1[nH]cc[n+]1CCCCC#N. The molecule has 0 aliphatic carbocycles. The summed E-state index contributed by atoms with van der Waals surface area (Å²) in [6.45, 7) is 1.79. The Bertz CT molecular complexity index is 327. The molecule has 1 N–H and O–H groups in total. The number of hydrogen-bond acceptors (Lipinski definition) is 2. The Balaban J connectivity index is 2.29. The number of aromatic amines is 1. The van der Waals surface area contributed by atoms with E-state index >= 15 is 0 Å². The number of rotatable bonds is 8. The molecule has 0 saturated heterocycles. The summed E-state index contributed by atoms with van der Waals surface area (Å²) in [6, 6.07) is 2.17. The fraction of sp³-hybridized carbons (Fsp3) is 0.667. The van der Waals surface area contributed by atoms with Crippen molar-refractivity contribution in [2.45, 2.75) is 38.6 Å². The zero-order valence-corrected chi connectivity index (χ0v) is 9.91. The smallest absolute Gasteiger partial charge is 0.254 e. The van der Waals surface area contributed by atoms with Crippen LogP contribution in [0, 0.1) is 11.3 Å². The van der Waals surface area contributed by atoms with Crippen molar-refractivity contribution in [2.75, 3.05) is 13.7 Å². The second-order valence-corrected chi connectivity index (χ2v) is 3.81. The molecule has 0 bridgehead atoms. The van der Waals surface area contributed by atoms with Crippen molar-refractivity contribution in [2.24, 2.45) is 0 Å². The van der Waals surface area contributed by atoms with Gasteiger partial charge in [0.15, 0.2) is 0 Å². The van der Waals surface area contributed by atoms with Crippen LogP contribution in [0.25, 0.3) is 0 Å². The highest BCUT2D eigenvalue weighted by molar-refractivity contribution is 4.77. The van der Waals surface area contributed by atoms with Gasteiger partial charge in [0.25, 0.3) is 5.82 Å². The Morgan fingerprint density at radius 2 is 2.31 bits per heavy atom. The fourth-order valence-electron chi connectivity index (χ4n) is 1.69. The number of unbranched alkanes of at least 4 members (excludes halogenated alkanes) is 2. The molecule has 0 aliphatic heterocycles. The van der Waals surface area contributed by atoms with Crippen molar-refractivity contribution in [3.63, 3.8) is 0 Å². The summed E-state index contributed by atoms with van der Waals surface area (Å²) in [7, 11) is 1.73.